The van der Waals surface area contributed by atoms with Gasteiger partial charge in [0.05, 0.1) is 5.38 Å². The van der Waals surface area contributed by atoms with Crippen LogP contribution >= 0.6 is 11.6 Å². The molecule has 3 nitrogen and oxygen atoms in total. The summed E-state index contributed by atoms with van der Waals surface area (Å²) in [4.78, 5) is 4.20. The Labute approximate surface area is 89.8 Å². The molecule has 0 radical (unpaired) electrons. The first-order chi connectivity index (χ1) is 6.74. The molecule has 0 aromatic carbocycles. The van der Waals surface area contributed by atoms with Crippen molar-refractivity contribution in [3.8, 4) is 0 Å². The number of hydrogen-bond acceptors (Lipinski definition) is 3. The van der Waals surface area contributed by atoms with E-state index in [1.165, 1.54) is 19.3 Å². The van der Waals surface area contributed by atoms with Crippen molar-refractivity contribution in [3.63, 3.8) is 0 Å². The summed E-state index contributed by atoms with van der Waals surface area (Å²) in [7, 11) is 0. The van der Waals surface area contributed by atoms with Crippen LogP contribution in [0.15, 0.2) is 4.52 Å². The van der Waals surface area contributed by atoms with E-state index in [2.05, 4.69) is 17.1 Å². The van der Waals surface area contributed by atoms with E-state index in [1.54, 1.807) is 0 Å². The van der Waals surface area contributed by atoms with Gasteiger partial charge in [-0.1, -0.05) is 31.3 Å². The third kappa shape index (κ3) is 3.66. The number of aromatic nitrogens is 2. The maximum atomic E-state index is 5.82. The summed E-state index contributed by atoms with van der Waals surface area (Å²) < 4.78 is 5.06. The fraction of sp³-hybridized carbons (Fsp3) is 0.800. The van der Waals surface area contributed by atoms with Crippen LogP contribution in [-0.2, 0) is 6.42 Å². The van der Waals surface area contributed by atoms with Crippen LogP contribution in [-0.4, -0.2) is 10.1 Å². The highest BCUT2D eigenvalue weighted by Gasteiger charge is 2.10. The Morgan fingerprint density at radius 3 is 2.71 bits per heavy atom. The van der Waals surface area contributed by atoms with Crippen molar-refractivity contribution >= 4 is 11.6 Å². The molecule has 0 aliphatic rings. The van der Waals surface area contributed by atoms with Gasteiger partial charge in [-0.05, 0) is 13.3 Å². The Hall–Kier alpha value is -0.570. The summed E-state index contributed by atoms with van der Waals surface area (Å²) in [6, 6.07) is 0. The zero-order valence-electron chi connectivity index (χ0n) is 8.79. The predicted octanol–water partition coefficient (Wildman–Crippen LogP) is 3.49. The first-order valence-electron chi connectivity index (χ1n) is 5.20. The molecule has 0 bridgehead atoms. The predicted molar refractivity (Wildman–Crippen MR) is 56.4 cm³/mol. The number of rotatable bonds is 6. The van der Waals surface area contributed by atoms with E-state index in [0.29, 0.717) is 11.7 Å². The second-order valence-electron chi connectivity index (χ2n) is 3.47. The molecule has 1 unspecified atom stereocenters. The SMILES string of the molecule is CCCCCCc1nc(C(C)Cl)no1. The Kier molecular flexibility index (Phi) is 4.94. The van der Waals surface area contributed by atoms with Crippen molar-refractivity contribution in [2.75, 3.05) is 0 Å². The molecule has 0 saturated heterocycles. The van der Waals surface area contributed by atoms with Crippen LogP contribution in [0.25, 0.3) is 0 Å². The van der Waals surface area contributed by atoms with Crippen molar-refractivity contribution < 1.29 is 4.52 Å². The molecule has 0 N–H and O–H groups in total. The Morgan fingerprint density at radius 2 is 2.14 bits per heavy atom. The molecule has 1 aromatic rings. The van der Waals surface area contributed by atoms with Crippen LogP contribution in [0.2, 0.25) is 0 Å². The van der Waals surface area contributed by atoms with Crippen molar-refractivity contribution in [1.82, 2.24) is 10.1 Å². The maximum absolute atomic E-state index is 5.82. The van der Waals surface area contributed by atoms with Crippen LogP contribution in [0.5, 0.6) is 0 Å². The highest BCUT2D eigenvalue weighted by Crippen LogP contribution is 2.16. The van der Waals surface area contributed by atoms with E-state index in [0.717, 1.165) is 12.8 Å². The summed E-state index contributed by atoms with van der Waals surface area (Å²) in [5.74, 6) is 1.31. The fourth-order valence-corrected chi connectivity index (χ4v) is 1.32. The van der Waals surface area contributed by atoms with E-state index in [4.69, 9.17) is 16.1 Å². The average Bonchev–Trinajstić information content (AvgIpc) is 2.61. The van der Waals surface area contributed by atoms with E-state index < -0.39 is 0 Å². The van der Waals surface area contributed by atoms with Gasteiger partial charge in [-0.3, -0.25) is 0 Å². The topological polar surface area (TPSA) is 38.9 Å². The average molecular weight is 217 g/mol. The zero-order valence-corrected chi connectivity index (χ0v) is 9.55. The van der Waals surface area contributed by atoms with Crippen LogP contribution < -0.4 is 0 Å². The molecule has 0 saturated carbocycles. The summed E-state index contributed by atoms with van der Waals surface area (Å²) in [5, 5.41) is 3.63. The number of unbranched alkanes of at least 4 members (excludes halogenated alkanes) is 3. The minimum atomic E-state index is -0.164. The molecule has 1 aromatic heterocycles. The molecule has 0 fully saturated rings. The number of nitrogens with zero attached hydrogens (tertiary/aromatic N) is 2. The molecule has 80 valence electrons. The number of halogens is 1. The van der Waals surface area contributed by atoms with Crippen molar-refractivity contribution in [2.45, 2.75) is 51.3 Å². The van der Waals surface area contributed by atoms with E-state index in [9.17, 15) is 0 Å². The minimum Gasteiger partial charge on any atom is -0.339 e. The third-order valence-corrected chi connectivity index (χ3v) is 2.28. The second kappa shape index (κ2) is 6.02. The monoisotopic (exact) mass is 216 g/mol. The lowest BCUT2D eigenvalue weighted by molar-refractivity contribution is 0.368. The minimum absolute atomic E-state index is 0.164. The normalized spacial score (nSPS) is 13.1. The van der Waals surface area contributed by atoms with Gasteiger partial charge in [0.2, 0.25) is 5.89 Å². The first-order valence-corrected chi connectivity index (χ1v) is 5.64. The molecule has 0 aliphatic heterocycles. The van der Waals surface area contributed by atoms with Gasteiger partial charge in [0.25, 0.3) is 0 Å². The molecule has 14 heavy (non-hydrogen) atoms. The molecule has 1 heterocycles. The Bertz CT molecular complexity index is 260. The summed E-state index contributed by atoms with van der Waals surface area (Å²) in [5.41, 5.74) is 0. The van der Waals surface area contributed by atoms with Gasteiger partial charge in [-0.2, -0.15) is 4.98 Å². The van der Waals surface area contributed by atoms with Crippen LogP contribution in [0.3, 0.4) is 0 Å². The highest BCUT2D eigenvalue weighted by molar-refractivity contribution is 6.20. The molecule has 0 amide bonds. The van der Waals surface area contributed by atoms with Crippen molar-refractivity contribution in [1.29, 1.82) is 0 Å². The number of alkyl halides is 1. The molecule has 1 rings (SSSR count). The maximum Gasteiger partial charge on any atom is 0.226 e. The lowest BCUT2D eigenvalue weighted by Crippen LogP contribution is -1.89. The molecule has 4 heteroatoms. The third-order valence-electron chi connectivity index (χ3n) is 2.08. The molecular weight excluding hydrogens is 200 g/mol. The Balaban J connectivity index is 2.29. The quantitative estimate of drug-likeness (QED) is 0.540. The van der Waals surface area contributed by atoms with Crippen molar-refractivity contribution in [2.24, 2.45) is 0 Å². The van der Waals surface area contributed by atoms with Crippen molar-refractivity contribution in [3.05, 3.63) is 11.7 Å². The second-order valence-corrected chi connectivity index (χ2v) is 4.13. The molecular formula is C10H17ClN2O. The lowest BCUT2D eigenvalue weighted by Gasteiger charge is -1.94. The van der Waals surface area contributed by atoms with Gasteiger partial charge in [0, 0.05) is 6.42 Å². The van der Waals surface area contributed by atoms with E-state index in [1.807, 2.05) is 6.92 Å². The standard InChI is InChI=1S/C10H17ClN2O/c1-3-4-5-6-7-9-12-10(8(2)11)13-14-9/h8H,3-7H2,1-2H3. The summed E-state index contributed by atoms with van der Waals surface area (Å²) in [6.07, 6.45) is 5.73. The first kappa shape index (κ1) is 11.5. The van der Waals surface area contributed by atoms with Crippen LogP contribution in [0, 0.1) is 0 Å². The van der Waals surface area contributed by atoms with Gasteiger partial charge in [0.1, 0.15) is 0 Å². The van der Waals surface area contributed by atoms with Gasteiger partial charge >= 0.3 is 0 Å². The van der Waals surface area contributed by atoms with E-state index in [-0.39, 0.29) is 5.38 Å². The van der Waals surface area contributed by atoms with Gasteiger partial charge in [0.15, 0.2) is 5.82 Å². The smallest absolute Gasteiger partial charge is 0.226 e. The Morgan fingerprint density at radius 1 is 1.36 bits per heavy atom. The number of hydrogen-bond donors (Lipinski definition) is 0. The van der Waals surface area contributed by atoms with Crippen LogP contribution in [0.4, 0.5) is 0 Å². The largest absolute Gasteiger partial charge is 0.339 e. The molecule has 0 spiro atoms. The van der Waals surface area contributed by atoms with Gasteiger partial charge < -0.3 is 4.52 Å². The van der Waals surface area contributed by atoms with Gasteiger partial charge in [-0.25, -0.2) is 0 Å². The highest BCUT2D eigenvalue weighted by atomic mass is 35.5. The molecule has 1 atom stereocenters. The lowest BCUT2D eigenvalue weighted by atomic mass is 10.1. The summed E-state index contributed by atoms with van der Waals surface area (Å²) in [6.45, 7) is 4.03. The fourth-order valence-electron chi connectivity index (χ4n) is 1.23. The number of aryl methyl sites for hydroxylation is 1. The van der Waals surface area contributed by atoms with Crippen LogP contribution in [0.1, 0.15) is 56.6 Å². The molecule has 0 aliphatic carbocycles. The van der Waals surface area contributed by atoms with E-state index >= 15 is 0 Å². The zero-order chi connectivity index (χ0) is 10.4. The summed E-state index contributed by atoms with van der Waals surface area (Å²) >= 11 is 5.82. The van der Waals surface area contributed by atoms with Gasteiger partial charge in [-0.15, -0.1) is 11.6 Å².